The molecule has 0 amide bonds. The summed E-state index contributed by atoms with van der Waals surface area (Å²) in [6, 6.07) is 8.80. The van der Waals surface area contributed by atoms with Crippen LogP contribution in [-0.4, -0.2) is 45.6 Å². The van der Waals surface area contributed by atoms with E-state index in [4.69, 9.17) is 14.2 Å². The summed E-state index contributed by atoms with van der Waals surface area (Å²) in [6.45, 7) is 4.18. The molecule has 1 aromatic carbocycles. The lowest BCUT2D eigenvalue weighted by molar-refractivity contribution is -0.118. The lowest BCUT2D eigenvalue weighted by Gasteiger charge is -2.28. The highest BCUT2D eigenvalue weighted by atomic mass is 16.7. The molecular formula is C16H25NO3. The standard InChI is InChI=1S/C16H25NO3/c1-12-9-15(13-5-7-14(18-2)8-6-13)17(10-12)11-16(19-3)20-4/h5-8,12,15-16H,9-11H2,1-4H3/t12-,15+/m0/s1. The molecule has 4 heteroatoms. The topological polar surface area (TPSA) is 30.9 Å². The van der Waals surface area contributed by atoms with Gasteiger partial charge in [-0.3, -0.25) is 4.90 Å². The van der Waals surface area contributed by atoms with Crippen molar-refractivity contribution in [3.05, 3.63) is 29.8 Å². The Morgan fingerprint density at radius 3 is 2.35 bits per heavy atom. The highest BCUT2D eigenvalue weighted by molar-refractivity contribution is 5.29. The molecule has 0 spiro atoms. The molecule has 20 heavy (non-hydrogen) atoms. The molecule has 0 N–H and O–H groups in total. The van der Waals surface area contributed by atoms with E-state index in [9.17, 15) is 0 Å². The minimum Gasteiger partial charge on any atom is -0.497 e. The number of nitrogens with zero attached hydrogens (tertiary/aromatic N) is 1. The van der Waals surface area contributed by atoms with Crippen molar-refractivity contribution in [3.8, 4) is 5.75 Å². The minimum atomic E-state index is -0.166. The van der Waals surface area contributed by atoms with Crippen LogP contribution >= 0.6 is 0 Å². The van der Waals surface area contributed by atoms with Crippen molar-refractivity contribution in [1.29, 1.82) is 0 Å². The van der Waals surface area contributed by atoms with Crippen LogP contribution in [-0.2, 0) is 9.47 Å². The zero-order valence-corrected chi connectivity index (χ0v) is 12.8. The summed E-state index contributed by atoms with van der Waals surface area (Å²) in [5, 5.41) is 0. The Balaban J connectivity index is 2.10. The zero-order valence-electron chi connectivity index (χ0n) is 12.8. The number of hydrogen-bond acceptors (Lipinski definition) is 4. The van der Waals surface area contributed by atoms with Crippen molar-refractivity contribution < 1.29 is 14.2 Å². The van der Waals surface area contributed by atoms with Crippen molar-refractivity contribution in [2.45, 2.75) is 25.7 Å². The lowest BCUT2D eigenvalue weighted by Crippen LogP contribution is -2.34. The second-order valence-electron chi connectivity index (χ2n) is 5.48. The van der Waals surface area contributed by atoms with Gasteiger partial charge in [-0.15, -0.1) is 0 Å². The number of ether oxygens (including phenoxy) is 3. The average Bonchev–Trinajstić information content (AvgIpc) is 2.85. The molecule has 0 radical (unpaired) electrons. The van der Waals surface area contributed by atoms with Gasteiger partial charge < -0.3 is 14.2 Å². The minimum absolute atomic E-state index is 0.166. The van der Waals surface area contributed by atoms with Gasteiger partial charge in [0.2, 0.25) is 0 Å². The molecule has 112 valence electrons. The maximum absolute atomic E-state index is 5.33. The first-order chi connectivity index (χ1) is 9.67. The smallest absolute Gasteiger partial charge is 0.169 e. The summed E-state index contributed by atoms with van der Waals surface area (Å²) in [5.41, 5.74) is 1.33. The summed E-state index contributed by atoms with van der Waals surface area (Å²) in [5.74, 6) is 1.59. The van der Waals surface area contributed by atoms with Gasteiger partial charge in [-0.25, -0.2) is 0 Å². The van der Waals surface area contributed by atoms with Gasteiger partial charge in [-0.05, 0) is 30.0 Å². The second-order valence-corrected chi connectivity index (χ2v) is 5.48. The summed E-state index contributed by atoms with van der Waals surface area (Å²) < 4.78 is 15.9. The van der Waals surface area contributed by atoms with E-state index in [1.165, 1.54) is 12.0 Å². The third-order valence-electron chi connectivity index (χ3n) is 4.02. The summed E-state index contributed by atoms with van der Waals surface area (Å²) in [6.07, 6.45) is 1.01. The molecule has 1 aliphatic rings. The molecule has 4 nitrogen and oxygen atoms in total. The van der Waals surface area contributed by atoms with Gasteiger partial charge in [0.25, 0.3) is 0 Å². The average molecular weight is 279 g/mol. The predicted molar refractivity (Wildman–Crippen MR) is 78.9 cm³/mol. The Hall–Kier alpha value is -1.10. The summed E-state index contributed by atoms with van der Waals surface area (Å²) >= 11 is 0. The fourth-order valence-corrected chi connectivity index (χ4v) is 2.94. The van der Waals surface area contributed by atoms with E-state index in [0.29, 0.717) is 12.0 Å². The van der Waals surface area contributed by atoms with Gasteiger partial charge in [-0.1, -0.05) is 19.1 Å². The van der Waals surface area contributed by atoms with E-state index in [-0.39, 0.29) is 6.29 Å². The fraction of sp³-hybridized carbons (Fsp3) is 0.625. The molecule has 1 fully saturated rings. The van der Waals surface area contributed by atoms with Gasteiger partial charge >= 0.3 is 0 Å². The van der Waals surface area contributed by atoms with E-state index < -0.39 is 0 Å². The number of methoxy groups -OCH3 is 3. The maximum Gasteiger partial charge on any atom is 0.169 e. The number of hydrogen-bond donors (Lipinski definition) is 0. The van der Waals surface area contributed by atoms with Crippen molar-refractivity contribution in [3.63, 3.8) is 0 Å². The lowest BCUT2D eigenvalue weighted by atomic mass is 10.0. The molecule has 0 bridgehead atoms. The van der Waals surface area contributed by atoms with Crippen LogP contribution in [0.3, 0.4) is 0 Å². The fourth-order valence-electron chi connectivity index (χ4n) is 2.94. The highest BCUT2D eigenvalue weighted by Crippen LogP contribution is 2.35. The first-order valence-corrected chi connectivity index (χ1v) is 7.11. The Morgan fingerprint density at radius 1 is 1.15 bits per heavy atom. The molecule has 0 unspecified atom stereocenters. The van der Waals surface area contributed by atoms with Crippen LogP contribution in [0.15, 0.2) is 24.3 Å². The van der Waals surface area contributed by atoms with Gasteiger partial charge in [0, 0.05) is 26.8 Å². The van der Waals surface area contributed by atoms with Crippen LogP contribution in [0.2, 0.25) is 0 Å². The van der Waals surface area contributed by atoms with E-state index in [1.807, 2.05) is 12.1 Å². The molecule has 1 saturated heterocycles. The van der Waals surface area contributed by atoms with Crippen LogP contribution in [0.4, 0.5) is 0 Å². The van der Waals surface area contributed by atoms with E-state index in [1.54, 1.807) is 21.3 Å². The summed E-state index contributed by atoms with van der Waals surface area (Å²) in [7, 11) is 5.08. The van der Waals surface area contributed by atoms with Crippen molar-refractivity contribution in [2.24, 2.45) is 5.92 Å². The molecule has 0 saturated carbocycles. The van der Waals surface area contributed by atoms with Gasteiger partial charge in [0.1, 0.15) is 5.75 Å². The Morgan fingerprint density at radius 2 is 1.80 bits per heavy atom. The van der Waals surface area contributed by atoms with E-state index in [2.05, 4.69) is 24.0 Å². The predicted octanol–water partition coefficient (Wildman–Crippen LogP) is 2.70. The molecule has 1 heterocycles. The monoisotopic (exact) mass is 279 g/mol. The summed E-state index contributed by atoms with van der Waals surface area (Å²) in [4.78, 5) is 2.45. The molecule has 2 rings (SSSR count). The SMILES string of the molecule is COc1ccc([C@H]2C[C@H](C)CN2CC(OC)OC)cc1. The third-order valence-corrected chi connectivity index (χ3v) is 4.02. The number of likely N-dealkylation sites (tertiary alicyclic amines) is 1. The Labute approximate surface area is 121 Å². The quantitative estimate of drug-likeness (QED) is 0.749. The van der Waals surface area contributed by atoms with E-state index >= 15 is 0 Å². The first kappa shape index (κ1) is 15.3. The second kappa shape index (κ2) is 7.07. The molecule has 1 aromatic rings. The van der Waals surface area contributed by atoms with Crippen molar-refractivity contribution in [1.82, 2.24) is 4.90 Å². The van der Waals surface area contributed by atoms with Gasteiger partial charge in [0.15, 0.2) is 6.29 Å². The Kier molecular flexibility index (Phi) is 5.40. The van der Waals surface area contributed by atoms with Crippen molar-refractivity contribution in [2.75, 3.05) is 34.4 Å². The Bertz CT molecular complexity index is 403. The largest absolute Gasteiger partial charge is 0.497 e. The highest BCUT2D eigenvalue weighted by Gasteiger charge is 2.32. The van der Waals surface area contributed by atoms with Crippen LogP contribution in [0.1, 0.15) is 24.9 Å². The number of rotatable bonds is 6. The van der Waals surface area contributed by atoms with Crippen LogP contribution < -0.4 is 4.74 Å². The normalized spacial score (nSPS) is 23.4. The molecule has 0 aliphatic carbocycles. The maximum atomic E-state index is 5.33. The van der Waals surface area contributed by atoms with Crippen LogP contribution in [0, 0.1) is 5.92 Å². The van der Waals surface area contributed by atoms with Crippen molar-refractivity contribution >= 4 is 0 Å². The number of benzene rings is 1. The van der Waals surface area contributed by atoms with E-state index in [0.717, 1.165) is 18.8 Å². The van der Waals surface area contributed by atoms with Crippen LogP contribution in [0.25, 0.3) is 0 Å². The third kappa shape index (κ3) is 3.51. The molecule has 2 atom stereocenters. The van der Waals surface area contributed by atoms with Gasteiger partial charge in [-0.2, -0.15) is 0 Å². The first-order valence-electron chi connectivity index (χ1n) is 7.11. The molecule has 0 aromatic heterocycles. The zero-order chi connectivity index (χ0) is 14.5. The molecular weight excluding hydrogens is 254 g/mol. The van der Waals surface area contributed by atoms with Gasteiger partial charge in [0.05, 0.1) is 13.7 Å². The van der Waals surface area contributed by atoms with Crippen LogP contribution in [0.5, 0.6) is 5.75 Å². The molecule has 1 aliphatic heterocycles.